The third-order valence-corrected chi connectivity index (χ3v) is 9.09. The van der Waals surface area contributed by atoms with Crippen molar-refractivity contribution in [1.29, 1.82) is 5.26 Å². The van der Waals surface area contributed by atoms with E-state index in [0.29, 0.717) is 11.4 Å². The van der Waals surface area contributed by atoms with Crippen molar-refractivity contribution in [3.8, 4) is 28.8 Å². The number of hydrogen-bond donors (Lipinski definition) is 0. The Balaban J connectivity index is 1.56. The van der Waals surface area contributed by atoms with Crippen molar-refractivity contribution in [3.05, 3.63) is 126 Å². The van der Waals surface area contributed by atoms with Crippen molar-refractivity contribution in [2.45, 2.75) is 52.4 Å². The topological polar surface area (TPSA) is 72.3 Å². The average molecular weight is 625 g/mol. The molecule has 0 bridgehead atoms. The van der Waals surface area contributed by atoms with Crippen LogP contribution in [0.5, 0.6) is 0 Å². The molecule has 0 aliphatic rings. The van der Waals surface area contributed by atoms with Crippen LogP contribution in [-0.4, -0.2) is 24.1 Å². The van der Waals surface area contributed by atoms with Gasteiger partial charge in [-0.15, -0.1) is 0 Å². The molecule has 6 nitrogen and oxygen atoms in total. The lowest BCUT2D eigenvalue weighted by atomic mass is 9.92. The van der Waals surface area contributed by atoms with Gasteiger partial charge in [0.2, 0.25) is 0 Å². The highest BCUT2D eigenvalue weighted by molar-refractivity contribution is 6.11. The van der Waals surface area contributed by atoms with Crippen molar-refractivity contribution in [2.75, 3.05) is 0 Å². The summed E-state index contributed by atoms with van der Waals surface area (Å²) in [6.45, 7) is 12.7. The van der Waals surface area contributed by atoms with E-state index in [2.05, 4.69) is 160 Å². The molecule has 0 atom stereocenters. The minimum Gasteiger partial charge on any atom is -0.308 e. The molecule has 0 amide bonds. The molecule has 6 heteroatoms. The van der Waals surface area contributed by atoms with Crippen LogP contribution in [0.2, 0.25) is 0 Å². The zero-order valence-electron chi connectivity index (χ0n) is 28.1. The fraction of sp³-hybridized carbons (Fsp3) is 0.190. The monoisotopic (exact) mass is 624 g/mol. The van der Waals surface area contributed by atoms with Crippen LogP contribution in [0.4, 0.5) is 0 Å². The highest BCUT2D eigenvalue weighted by Crippen LogP contribution is 2.40. The highest BCUT2D eigenvalue weighted by atomic mass is 15.1. The Kier molecular flexibility index (Phi) is 6.54. The summed E-state index contributed by atoms with van der Waals surface area (Å²) >= 11 is 0. The van der Waals surface area contributed by atoms with E-state index in [1.807, 2.05) is 6.07 Å². The minimum absolute atomic E-state index is 0.314. The summed E-state index contributed by atoms with van der Waals surface area (Å²) in [6, 6.07) is 40.5. The Bertz CT molecular complexity index is 2460. The van der Waals surface area contributed by atoms with Gasteiger partial charge in [0, 0.05) is 37.9 Å². The van der Waals surface area contributed by atoms with Gasteiger partial charge in [0.1, 0.15) is 17.7 Å². The summed E-state index contributed by atoms with van der Waals surface area (Å²) in [5.74, 6) is 1.99. The molecular formula is C42H36N6. The first-order valence-corrected chi connectivity index (χ1v) is 16.4. The van der Waals surface area contributed by atoms with E-state index in [4.69, 9.17) is 15.0 Å². The van der Waals surface area contributed by atoms with E-state index in [9.17, 15) is 5.26 Å². The number of fused-ring (bicyclic) bond motifs is 6. The van der Waals surface area contributed by atoms with E-state index in [-0.39, 0.29) is 10.8 Å². The molecule has 8 rings (SSSR count). The zero-order valence-corrected chi connectivity index (χ0v) is 28.1. The van der Waals surface area contributed by atoms with Gasteiger partial charge < -0.3 is 9.13 Å². The molecule has 8 aromatic rings. The normalized spacial score (nSPS) is 12.4. The summed E-state index contributed by atoms with van der Waals surface area (Å²) in [4.78, 5) is 15.2. The molecule has 0 N–H and O–H groups in total. The van der Waals surface area contributed by atoms with Gasteiger partial charge in [-0.1, -0.05) is 114 Å². The number of hydrogen-bond acceptors (Lipinski definition) is 4. The first-order chi connectivity index (χ1) is 23.0. The first-order valence-electron chi connectivity index (χ1n) is 16.4. The summed E-state index contributed by atoms with van der Waals surface area (Å²) in [7, 11) is 0. The molecular weight excluding hydrogens is 589 g/mol. The van der Waals surface area contributed by atoms with Gasteiger partial charge in [-0.25, -0.2) is 15.0 Å². The van der Waals surface area contributed by atoms with Crippen molar-refractivity contribution < 1.29 is 0 Å². The summed E-state index contributed by atoms with van der Waals surface area (Å²) < 4.78 is 4.52. The number of aromatic nitrogens is 5. The van der Waals surface area contributed by atoms with Crippen LogP contribution in [0.1, 0.15) is 58.8 Å². The Morgan fingerprint density at radius 2 is 0.875 bits per heavy atom. The van der Waals surface area contributed by atoms with E-state index in [0.717, 1.165) is 72.2 Å². The summed E-state index contributed by atoms with van der Waals surface area (Å²) in [5.41, 5.74) is 6.61. The number of benzene rings is 5. The molecule has 234 valence electrons. The SMILES string of the molecule is CC(C)(C)c1nc(-c2cc(C#N)c(-n3c4ccccc4c4ccccc43)cc2-n2c3ccccc3c3ccccc32)nc(C(C)(C)C)n1. The average Bonchev–Trinajstić information content (AvgIpc) is 3.60. The van der Waals surface area contributed by atoms with Gasteiger partial charge in [-0.05, 0) is 36.4 Å². The molecule has 48 heavy (non-hydrogen) atoms. The zero-order chi connectivity index (χ0) is 33.4. The minimum atomic E-state index is -0.314. The van der Waals surface area contributed by atoms with Gasteiger partial charge in [-0.2, -0.15) is 5.26 Å². The van der Waals surface area contributed by atoms with Gasteiger partial charge in [0.15, 0.2) is 5.82 Å². The Hall–Kier alpha value is -5.80. The second-order valence-corrected chi connectivity index (χ2v) is 14.5. The molecule has 0 saturated heterocycles. The highest BCUT2D eigenvalue weighted by Gasteiger charge is 2.28. The van der Waals surface area contributed by atoms with Crippen molar-refractivity contribution in [2.24, 2.45) is 0 Å². The van der Waals surface area contributed by atoms with Crippen molar-refractivity contribution in [1.82, 2.24) is 24.1 Å². The molecule has 5 aromatic carbocycles. The lowest BCUT2D eigenvalue weighted by molar-refractivity contribution is 0.497. The van der Waals surface area contributed by atoms with Gasteiger partial charge >= 0.3 is 0 Å². The lowest BCUT2D eigenvalue weighted by Crippen LogP contribution is -2.24. The first kappa shape index (κ1) is 29.6. The van der Waals surface area contributed by atoms with E-state index in [1.54, 1.807) is 0 Å². The van der Waals surface area contributed by atoms with Crippen LogP contribution in [0.25, 0.3) is 66.4 Å². The van der Waals surface area contributed by atoms with Crippen LogP contribution in [0.3, 0.4) is 0 Å². The second-order valence-electron chi connectivity index (χ2n) is 14.5. The quantitative estimate of drug-likeness (QED) is 0.196. The maximum Gasteiger partial charge on any atom is 0.165 e. The lowest BCUT2D eigenvalue weighted by Gasteiger charge is -2.24. The Morgan fingerprint density at radius 3 is 1.25 bits per heavy atom. The molecule has 0 unspecified atom stereocenters. The van der Waals surface area contributed by atoms with E-state index in [1.165, 1.54) is 0 Å². The molecule has 0 aliphatic carbocycles. The maximum absolute atomic E-state index is 10.8. The molecule has 0 aliphatic heterocycles. The molecule has 0 radical (unpaired) electrons. The molecule has 0 fully saturated rings. The smallest absolute Gasteiger partial charge is 0.165 e. The number of nitriles is 1. The molecule has 0 spiro atoms. The Labute approximate surface area is 280 Å². The summed E-state index contributed by atoms with van der Waals surface area (Å²) in [6.07, 6.45) is 0. The van der Waals surface area contributed by atoms with Gasteiger partial charge in [0.05, 0.1) is 39.0 Å². The maximum atomic E-state index is 10.8. The van der Waals surface area contributed by atoms with Crippen LogP contribution in [-0.2, 0) is 10.8 Å². The van der Waals surface area contributed by atoms with Crippen molar-refractivity contribution >= 4 is 43.6 Å². The fourth-order valence-corrected chi connectivity index (χ4v) is 6.75. The standard InChI is InChI=1S/C42H36N6/c1-41(2,3)39-44-38(45-40(46-39)42(4,5)6)31-23-26(25-43)36(47-32-19-11-7-15-27(32)28-16-8-12-20-33(28)47)24-37(31)48-34-21-13-9-17-29(34)30-18-10-14-22-35(30)48/h7-24H,1-6H3. The van der Waals surface area contributed by atoms with Crippen LogP contribution < -0.4 is 0 Å². The number of nitrogens with zero attached hydrogens (tertiary/aromatic N) is 6. The van der Waals surface area contributed by atoms with Gasteiger partial charge in [0.25, 0.3) is 0 Å². The third-order valence-electron chi connectivity index (χ3n) is 9.09. The van der Waals surface area contributed by atoms with E-state index >= 15 is 0 Å². The number of rotatable bonds is 3. The fourth-order valence-electron chi connectivity index (χ4n) is 6.75. The van der Waals surface area contributed by atoms with Crippen LogP contribution >= 0.6 is 0 Å². The summed E-state index contributed by atoms with van der Waals surface area (Å²) in [5, 5.41) is 15.4. The predicted molar refractivity (Wildman–Crippen MR) is 196 cm³/mol. The van der Waals surface area contributed by atoms with Gasteiger partial charge in [-0.3, -0.25) is 0 Å². The van der Waals surface area contributed by atoms with Crippen molar-refractivity contribution in [3.63, 3.8) is 0 Å². The second kappa shape index (κ2) is 10.6. The molecule has 3 aromatic heterocycles. The molecule has 0 saturated carbocycles. The van der Waals surface area contributed by atoms with Crippen LogP contribution in [0, 0.1) is 11.3 Å². The number of para-hydroxylation sites is 4. The third kappa shape index (κ3) is 4.57. The Morgan fingerprint density at radius 1 is 0.500 bits per heavy atom. The molecule has 3 heterocycles. The predicted octanol–water partition coefficient (Wildman–Crippen LogP) is 10.2. The largest absolute Gasteiger partial charge is 0.308 e. The van der Waals surface area contributed by atoms with E-state index < -0.39 is 0 Å². The van der Waals surface area contributed by atoms with Crippen LogP contribution in [0.15, 0.2) is 109 Å².